The fraction of sp³-hybridized carbons (Fsp3) is 0.471. The molecule has 0 unspecified atom stereocenters. The molecule has 0 aliphatic heterocycles. The Bertz CT molecular complexity index is 505. The van der Waals surface area contributed by atoms with Crippen molar-refractivity contribution in [2.75, 3.05) is 0 Å². The fourth-order valence-corrected chi connectivity index (χ4v) is 2.51. The molecule has 4 nitrogen and oxygen atoms in total. The molecule has 0 saturated heterocycles. The van der Waals surface area contributed by atoms with Gasteiger partial charge in [-0.2, -0.15) is 5.06 Å². The van der Waals surface area contributed by atoms with Crippen LogP contribution in [0.3, 0.4) is 0 Å². The van der Waals surface area contributed by atoms with Gasteiger partial charge in [0.25, 0.3) is 0 Å². The number of benzene rings is 1. The molecule has 1 N–H and O–H groups in total. The van der Waals surface area contributed by atoms with Gasteiger partial charge in [-0.25, -0.2) is 4.79 Å². The van der Waals surface area contributed by atoms with Crippen molar-refractivity contribution >= 4 is 6.09 Å². The fourth-order valence-electron chi connectivity index (χ4n) is 2.51. The molecule has 1 aliphatic carbocycles. The maximum absolute atomic E-state index is 12.0. The third-order valence-corrected chi connectivity index (χ3v) is 3.46. The molecule has 21 heavy (non-hydrogen) atoms. The molecule has 0 spiro atoms. The number of hydrogen-bond donors (Lipinski definition) is 1. The van der Waals surface area contributed by atoms with Gasteiger partial charge in [0.05, 0.1) is 6.04 Å². The van der Waals surface area contributed by atoms with Crippen molar-refractivity contribution in [2.45, 2.75) is 45.3 Å². The zero-order valence-corrected chi connectivity index (χ0v) is 12.8. The lowest BCUT2D eigenvalue weighted by atomic mass is 9.95. The number of hydroxylamine groups is 2. The minimum Gasteiger partial charge on any atom is -0.442 e. The molecular formula is C17H23NO3. The summed E-state index contributed by atoms with van der Waals surface area (Å²) in [5.41, 5.74) is 0.579. The van der Waals surface area contributed by atoms with E-state index in [1.165, 1.54) is 5.56 Å². The molecule has 2 atom stereocenters. The minimum atomic E-state index is -0.686. The highest BCUT2D eigenvalue weighted by Crippen LogP contribution is 2.27. The van der Waals surface area contributed by atoms with Crippen LogP contribution >= 0.6 is 0 Å². The van der Waals surface area contributed by atoms with Crippen molar-refractivity contribution < 1.29 is 14.7 Å². The van der Waals surface area contributed by atoms with Gasteiger partial charge >= 0.3 is 6.09 Å². The van der Waals surface area contributed by atoms with Crippen molar-refractivity contribution in [2.24, 2.45) is 5.92 Å². The Kier molecular flexibility index (Phi) is 4.68. The molecule has 1 aromatic carbocycles. The van der Waals surface area contributed by atoms with E-state index in [0.29, 0.717) is 6.42 Å². The summed E-state index contributed by atoms with van der Waals surface area (Å²) in [5.74, 6) is 0.102. The van der Waals surface area contributed by atoms with Crippen molar-refractivity contribution in [3.63, 3.8) is 0 Å². The zero-order chi connectivity index (χ0) is 15.5. The van der Waals surface area contributed by atoms with E-state index in [0.717, 1.165) is 11.5 Å². The van der Waals surface area contributed by atoms with Gasteiger partial charge in [0, 0.05) is 5.92 Å². The predicted molar refractivity (Wildman–Crippen MR) is 81.0 cm³/mol. The topological polar surface area (TPSA) is 49.8 Å². The first-order valence-corrected chi connectivity index (χ1v) is 7.28. The average molecular weight is 289 g/mol. The highest BCUT2D eigenvalue weighted by Gasteiger charge is 2.33. The number of rotatable bonds is 3. The van der Waals surface area contributed by atoms with Crippen LogP contribution in [0.25, 0.3) is 0 Å². The van der Waals surface area contributed by atoms with Crippen LogP contribution in [0, 0.1) is 5.92 Å². The maximum atomic E-state index is 12.0. The number of ether oxygens (including phenoxy) is 1. The van der Waals surface area contributed by atoms with Gasteiger partial charge < -0.3 is 4.74 Å². The van der Waals surface area contributed by atoms with Crippen molar-refractivity contribution in [1.82, 2.24) is 5.06 Å². The van der Waals surface area contributed by atoms with Gasteiger partial charge in [-0.3, -0.25) is 5.21 Å². The second-order valence-electron chi connectivity index (χ2n) is 6.41. The molecule has 1 aliphatic rings. The molecular weight excluding hydrogens is 266 g/mol. The molecule has 114 valence electrons. The summed E-state index contributed by atoms with van der Waals surface area (Å²) < 4.78 is 5.22. The van der Waals surface area contributed by atoms with Crippen LogP contribution in [0.2, 0.25) is 0 Å². The number of nitrogens with zero attached hydrogens (tertiary/aromatic N) is 1. The first-order valence-electron chi connectivity index (χ1n) is 7.28. The largest absolute Gasteiger partial charge is 0.442 e. The summed E-state index contributed by atoms with van der Waals surface area (Å²) in [6.07, 6.45) is 4.82. The standard InChI is InChI=1S/C17H23NO3/c1-17(2,3)21-16(19)18(20)15-11-7-10-14(15)12-13-8-5-4-6-9-13/h4-10,14-15,20H,11-12H2,1-3H3/t14-,15+/m1/s1. The van der Waals surface area contributed by atoms with Crippen LogP contribution < -0.4 is 0 Å². The Morgan fingerprint density at radius 1 is 1.33 bits per heavy atom. The first kappa shape index (κ1) is 15.6. The lowest BCUT2D eigenvalue weighted by molar-refractivity contribution is -0.125. The summed E-state index contributed by atoms with van der Waals surface area (Å²) >= 11 is 0. The zero-order valence-electron chi connectivity index (χ0n) is 12.8. The van der Waals surface area contributed by atoms with Crippen LogP contribution in [0.4, 0.5) is 4.79 Å². The predicted octanol–water partition coefficient (Wildman–Crippen LogP) is 3.80. The number of carbonyl (C=O) groups excluding carboxylic acids is 1. The average Bonchev–Trinajstić information content (AvgIpc) is 2.85. The van der Waals surface area contributed by atoms with E-state index >= 15 is 0 Å². The van der Waals surface area contributed by atoms with Crippen molar-refractivity contribution in [3.05, 3.63) is 48.0 Å². The molecule has 0 aromatic heterocycles. The Labute approximate surface area is 126 Å². The maximum Gasteiger partial charge on any atom is 0.434 e. The third kappa shape index (κ3) is 4.33. The van der Waals surface area contributed by atoms with E-state index in [9.17, 15) is 10.0 Å². The SMILES string of the molecule is CC(C)(C)OC(=O)N(O)[C@H]1CC=C[C@@H]1Cc1ccccc1. The Balaban J connectivity index is 2.00. The Morgan fingerprint density at radius 3 is 2.62 bits per heavy atom. The van der Waals surface area contributed by atoms with E-state index < -0.39 is 11.7 Å². The summed E-state index contributed by atoms with van der Waals surface area (Å²) in [5, 5.41) is 10.9. The van der Waals surface area contributed by atoms with Crippen molar-refractivity contribution in [1.29, 1.82) is 0 Å². The van der Waals surface area contributed by atoms with Crippen LogP contribution in [0.1, 0.15) is 32.8 Å². The molecule has 0 bridgehead atoms. The number of carbonyl (C=O) groups is 1. The smallest absolute Gasteiger partial charge is 0.434 e. The number of amides is 1. The highest BCUT2D eigenvalue weighted by molar-refractivity contribution is 5.67. The van der Waals surface area contributed by atoms with Gasteiger partial charge in [-0.1, -0.05) is 42.5 Å². The van der Waals surface area contributed by atoms with Gasteiger partial charge in [-0.05, 0) is 39.2 Å². The normalized spacial score (nSPS) is 21.3. The second-order valence-corrected chi connectivity index (χ2v) is 6.41. The molecule has 2 rings (SSSR count). The third-order valence-electron chi connectivity index (χ3n) is 3.46. The molecule has 1 aromatic rings. The van der Waals surface area contributed by atoms with Gasteiger partial charge in [0.15, 0.2) is 0 Å². The van der Waals surface area contributed by atoms with Gasteiger partial charge in [-0.15, -0.1) is 0 Å². The van der Waals surface area contributed by atoms with Gasteiger partial charge in [0.2, 0.25) is 0 Å². The molecule has 0 radical (unpaired) electrons. The van der Waals surface area contributed by atoms with Crippen LogP contribution in [-0.2, 0) is 11.2 Å². The molecule has 1 amide bonds. The van der Waals surface area contributed by atoms with Crippen molar-refractivity contribution in [3.8, 4) is 0 Å². The van der Waals surface area contributed by atoms with Crippen LogP contribution in [0.5, 0.6) is 0 Å². The van der Waals surface area contributed by atoms with E-state index in [4.69, 9.17) is 4.74 Å². The van der Waals surface area contributed by atoms with Crippen LogP contribution in [-0.4, -0.2) is 28.0 Å². The van der Waals surface area contributed by atoms with E-state index in [1.807, 2.05) is 24.3 Å². The quantitative estimate of drug-likeness (QED) is 0.523. The molecule has 0 saturated carbocycles. The molecule has 0 fully saturated rings. The van der Waals surface area contributed by atoms with Gasteiger partial charge in [0.1, 0.15) is 5.60 Å². The minimum absolute atomic E-state index is 0.102. The summed E-state index contributed by atoms with van der Waals surface area (Å²) in [6.45, 7) is 5.35. The second kappa shape index (κ2) is 6.31. The summed E-state index contributed by atoms with van der Waals surface area (Å²) in [6, 6.07) is 9.81. The van der Waals surface area contributed by atoms with Crippen LogP contribution in [0.15, 0.2) is 42.5 Å². The summed E-state index contributed by atoms with van der Waals surface area (Å²) in [7, 11) is 0. The molecule has 0 heterocycles. The highest BCUT2D eigenvalue weighted by atomic mass is 16.6. The first-order chi connectivity index (χ1) is 9.87. The van der Waals surface area contributed by atoms with E-state index in [2.05, 4.69) is 18.2 Å². The lowest BCUT2D eigenvalue weighted by Crippen LogP contribution is -2.43. The molecule has 4 heteroatoms. The van der Waals surface area contributed by atoms with E-state index in [1.54, 1.807) is 20.8 Å². The Morgan fingerprint density at radius 2 is 2.00 bits per heavy atom. The van der Waals surface area contributed by atoms with E-state index in [-0.39, 0.29) is 12.0 Å². The monoisotopic (exact) mass is 289 g/mol. The lowest BCUT2D eigenvalue weighted by Gasteiger charge is -2.30. The number of hydrogen-bond acceptors (Lipinski definition) is 3. The summed E-state index contributed by atoms with van der Waals surface area (Å²) in [4.78, 5) is 12.0. The Hall–Kier alpha value is -1.81.